The number of rotatable bonds is 6. The lowest BCUT2D eigenvalue weighted by molar-refractivity contribution is -0.134. The predicted octanol–water partition coefficient (Wildman–Crippen LogP) is 2.13. The summed E-state index contributed by atoms with van der Waals surface area (Å²) < 4.78 is 10.8. The number of phenolic OH excluding ortho intramolecular Hbond substituents is 1. The van der Waals surface area contributed by atoms with E-state index in [-0.39, 0.29) is 17.4 Å². The van der Waals surface area contributed by atoms with E-state index < -0.39 is 12.1 Å². The second-order valence-electron chi connectivity index (χ2n) is 7.81. The number of benzene rings is 2. The highest BCUT2D eigenvalue weighted by atomic mass is 16.5. The minimum absolute atomic E-state index is 0.0178. The fraction of sp³-hybridized carbons (Fsp3) is 0.333. The Bertz CT molecular complexity index is 1170. The molecule has 5 N–H and O–H groups in total. The molecule has 1 aliphatic carbocycles. The smallest absolute Gasteiger partial charge is 0.300 e. The maximum absolute atomic E-state index is 11.6. The molecule has 0 fully saturated rings. The van der Waals surface area contributed by atoms with E-state index in [0.29, 0.717) is 23.0 Å². The first-order chi connectivity index (χ1) is 15.7. The van der Waals surface area contributed by atoms with Crippen molar-refractivity contribution >= 4 is 16.9 Å². The molecule has 1 heterocycles. The van der Waals surface area contributed by atoms with Gasteiger partial charge in [0.2, 0.25) is 5.56 Å². The molecule has 9 heteroatoms. The molecule has 0 saturated heterocycles. The van der Waals surface area contributed by atoms with Crippen molar-refractivity contribution in [3.8, 4) is 17.2 Å². The minimum atomic E-state index is -0.833. The van der Waals surface area contributed by atoms with E-state index in [1.165, 1.54) is 23.3 Å². The Kier molecular flexibility index (Phi) is 7.57. The highest BCUT2D eigenvalue weighted by molar-refractivity contribution is 5.87. The Morgan fingerprint density at radius 3 is 2.24 bits per heavy atom. The lowest BCUT2D eigenvalue weighted by Crippen LogP contribution is -2.33. The van der Waals surface area contributed by atoms with Crippen LogP contribution in [0.5, 0.6) is 17.2 Å². The minimum Gasteiger partial charge on any atom is -0.506 e. The van der Waals surface area contributed by atoms with Crippen LogP contribution in [0.2, 0.25) is 0 Å². The summed E-state index contributed by atoms with van der Waals surface area (Å²) in [5.74, 6) is 0.587. The number of hydrogen-bond donors (Lipinski definition) is 5. The molecule has 0 spiro atoms. The zero-order valence-electron chi connectivity index (χ0n) is 18.7. The van der Waals surface area contributed by atoms with Gasteiger partial charge in [0, 0.05) is 31.0 Å². The van der Waals surface area contributed by atoms with Gasteiger partial charge in [-0.2, -0.15) is 0 Å². The van der Waals surface area contributed by atoms with E-state index >= 15 is 0 Å². The molecular weight excluding hydrogens is 428 g/mol. The molecule has 3 aromatic rings. The van der Waals surface area contributed by atoms with Crippen molar-refractivity contribution in [1.82, 2.24) is 10.3 Å². The zero-order chi connectivity index (χ0) is 24.1. The molecule has 2 aromatic carbocycles. The monoisotopic (exact) mass is 456 g/mol. The molecule has 9 nitrogen and oxygen atoms in total. The van der Waals surface area contributed by atoms with Gasteiger partial charge in [0.05, 0.1) is 25.8 Å². The zero-order valence-corrected chi connectivity index (χ0v) is 18.7. The number of aromatic hydroxyl groups is 1. The SMILES string of the molecule is CC(=O)O.COc1cc2c(cc1OC)CC(NCC(O)c1ccc(O)c3[nH]c(=O)ccc13)C2. The Labute approximate surface area is 190 Å². The van der Waals surface area contributed by atoms with E-state index in [0.717, 1.165) is 31.3 Å². The van der Waals surface area contributed by atoms with Crippen LogP contribution in [-0.2, 0) is 17.6 Å². The van der Waals surface area contributed by atoms with Crippen molar-refractivity contribution in [2.24, 2.45) is 0 Å². The number of aliphatic hydroxyl groups is 1. The van der Waals surface area contributed by atoms with Gasteiger partial charge in [0.15, 0.2) is 11.5 Å². The fourth-order valence-electron chi connectivity index (χ4n) is 4.03. The van der Waals surface area contributed by atoms with Crippen LogP contribution in [0.1, 0.15) is 29.7 Å². The van der Waals surface area contributed by atoms with Gasteiger partial charge in [-0.25, -0.2) is 0 Å². The van der Waals surface area contributed by atoms with Crippen LogP contribution in [0, 0.1) is 0 Å². The van der Waals surface area contributed by atoms with Crippen molar-refractivity contribution in [3.05, 3.63) is 63.4 Å². The Hall–Kier alpha value is -3.56. The number of nitrogens with one attached hydrogen (secondary N) is 2. The number of hydrogen-bond acceptors (Lipinski definition) is 7. The highest BCUT2D eigenvalue weighted by Crippen LogP contribution is 2.35. The Morgan fingerprint density at radius 1 is 1.12 bits per heavy atom. The summed E-state index contributed by atoms with van der Waals surface area (Å²) in [7, 11) is 3.25. The fourth-order valence-corrected chi connectivity index (χ4v) is 4.03. The molecule has 0 aliphatic heterocycles. The number of methoxy groups -OCH3 is 2. The van der Waals surface area contributed by atoms with Gasteiger partial charge in [0.25, 0.3) is 5.97 Å². The molecule has 0 bridgehead atoms. The van der Waals surface area contributed by atoms with E-state index in [1.54, 1.807) is 26.4 Å². The standard InChI is InChI=1S/C22H24N2O5.C2H4O2/c1-28-19-9-12-7-14(8-13(12)10-20(19)29-2)23-11-18(26)15-3-5-17(25)22-16(15)4-6-21(27)24-22;1-2(3)4/h3-6,9-10,14,18,23,25-26H,7-8,11H2,1-2H3,(H,24,27);1H3,(H,3,4). The summed E-state index contributed by atoms with van der Waals surface area (Å²) in [4.78, 5) is 23.2. The summed E-state index contributed by atoms with van der Waals surface area (Å²) in [5.41, 5.74) is 3.11. The number of aromatic nitrogens is 1. The van der Waals surface area contributed by atoms with Crippen molar-refractivity contribution in [1.29, 1.82) is 0 Å². The van der Waals surface area contributed by atoms with Gasteiger partial charge in [-0.1, -0.05) is 6.07 Å². The van der Waals surface area contributed by atoms with Gasteiger partial charge in [-0.15, -0.1) is 0 Å². The summed E-state index contributed by atoms with van der Waals surface area (Å²) >= 11 is 0. The number of aromatic amines is 1. The number of carboxylic acids is 1. The molecular formula is C24H28N2O7. The number of carboxylic acid groups (broad SMARTS) is 1. The van der Waals surface area contributed by atoms with E-state index in [4.69, 9.17) is 19.4 Å². The number of phenols is 1. The molecule has 1 atom stereocenters. The number of carbonyl (C=O) groups is 1. The third-order valence-electron chi connectivity index (χ3n) is 5.50. The molecule has 33 heavy (non-hydrogen) atoms. The quantitative estimate of drug-likeness (QED) is 0.380. The Balaban J connectivity index is 0.000000709. The van der Waals surface area contributed by atoms with Gasteiger partial charge in [0.1, 0.15) is 5.75 Å². The van der Waals surface area contributed by atoms with Crippen molar-refractivity contribution in [2.45, 2.75) is 31.9 Å². The molecule has 1 unspecified atom stereocenters. The van der Waals surface area contributed by atoms with Crippen molar-refractivity contribution in [3.63, 3.8) is 0 Å². The van der Waals surface area contributed by atoms with Gasteiger partial charge >= 0.3 is 0 Å². The summed E-state index contributed by atoms with van der Waals surface area (Å²) in [6.07, 6.45) is 0.898. The van der Waals surface area contributed by atoms with Crippen LogP contribution >= 0.6 is 0 Å². The summed E-state index contributed by atoms with van der Waals surface area (Å²) in [6, 6.07) is 10.4. The van der Waals surface area contributed by atoms with E-state index in [9.17, 15) is 15.0 Å². The molecule has 1 aromatic heterocycles. The van der Waals surface area contributed by atoms with Crippen LogP contribution in [0.25, 0.3) is 10.9 Å². The molecule has 1 aliphatic rings. The molecule has 0 radical (unpaired) electrons. The predicted molar refractivity (Wildman–Crippen MR) is 123 cm³/mol. The number of ether oxygens (including phenoxy) is 2. The van der Waals surface area contributed by atoms with Crippen molar-refractivity contribution < 1.29 is 29.6 Å². The second-order valence-corrected chi connectivity index (χ2v) is 7.81. The van der Waals surface area contributed by atoms with Crippen LogP contribution in [0.4, 0.5) is 0 Å². The van der Waals surface area contributed by atoms with Crippen LogP contribution < -0.4 is 20.3 Å². The normalized spacial score (nSPS) is 13.7. The topological polar surface area (TPSA) is 141 Å². The van der Waals surface area contributed by atoms with Crippen molar-refractivity contribution in [2.75, 3.05) is 20.8 Å². The van der Waals surface area contributed by atoms with Crippen LogP contribution in [0.3, 0.4) is 0 Å². The van der Waals surface area contributed by atoms with E-state index in [1.807, 2.05) is 12.1 Å². The van der Waals surface area contributed by atoms with Gasteiger partial charge < -0.3 is 35.1 Å². The largest absolute Gasteiger partial charge is 0.506 e. The Morgan fingerprint density at radius 2 is 1.70 bits per heavy atom. The molecule has 0 amide bonds. The van der Waals surface area contributed by atoms with Crippen LogP contribution in [-0.4, -0.2) is 53.1 Å². The highest BCUT2D eigenvalue weighted by Gasteiger charge is 2.25. The molecule has 4 rings (SSSR count). The number of aliphatic hydroxyl groups excluding tert-OH is 1. The first kappa shape index (κ1) is 24.1. The number of pyridine rings is 1. The lowest BCUT2D eigenvalue weighted by atomic mass is 10.0. The average molecular weight is 456 g/mol. The summed E-state index contributed by atoms with van der Waals surface area (Å²) in [6.45, 7) is 1.44. The van der Waals surface area contributed by atoms with Crippen LogP contribution in [0.15, 0.2) is 41.2 Å². The summed E-state index contributed by atoms with van der Waals surface area (Å²) in [5, 5.41) is 32.2. The number of aliphatic carboxylic acids is 1. The average Bonchev–Trinajstić information content (AvgIpc) is 3.18. The number of fused-ring (bicyclic) bond motifs is 2. The van der Waals surface area contributed by atoms with Gasteiger partial charge in [-0.3, -0.25) is 9.59 Å². The maximum atomic E-state index is 11.6. The molecule has 176 valence electrons. The maximum Gasteiger partial charge on any atom is 0.300 e. The second kappa shape index (κ2) is 10.4. The lowest BCUT2D eigenvalue weighted by Gasteiger charge is -2.18. The first-order valence-corrected chi connectivity index (χ1v) is 10.4. The van der Waals surface area contributed by atoms with E-state index in [2.05, 4.69) is 10.3 Å². The third kappa shape index (κ3) is 5.63. The third-order valence-corrected chi connectivity index (χ3v) is 5.50. The first-order valence-electron chi connectivity index (χ1n) is 10.4. The molecule has 0 saturated carbocycles. The number of H-pyrrole nitrogens is 1. The van der Waals surface area contributed by atoms with Gasteiger partial charge in [-0.05, 0) is 53.8 Å².